The molecule has 122 valence electrons. The molecule has 0 N–H and O–H groups in total. The van der Waals surface area contributed by atoms with Gasteiger partial charge in [0.05, 0.1) is 23.3 Å². The number of nitriles is 2. The highest BCUT2D eigenvalue weighted by atomic mass is 17.2. The van der Waals surface area contributed by atoms with Crippen molar-refractivity contribution in [3.05, 3.63) is 41.0 Å². The number of Topliss-reactive ketones (excluding diaryl/α,β-unsaturated/α-hetero) is 1. The number of rotatable bonds is 2. The molecule has 3 rings (SSSR count). The van der Waals surface area contributed by atoms with Crippen molar-refractivity contribution in [2.75, 3.05) is 0 Å². The Labute approximate surface area is 141 Å². The van der Waals surface area contributed by atoms with Crippen molar-refractivity contribution in [2.45, 2.75) is 38.4 Å². The maximum atomic E-state index is 12.1. The third-order valence-electron chi connectivity index (χ3n) is 5.01. The summed E-state index contributed by atoms with van der Waals surface area (Å²) in [5.41, 5.74) is 0.901. The monoisotopic (exact) mass is 322 g/mol. The van der Waals surface area contributed by atoms with Crippen LogP contribution in [0.4, 0.5) is 0 Å². The summed E-state index contributed by atoms with van der Waals surface area (Å²) in [5.74, 6) is 0.142. The molecule has 1 heterocycles. The van der Waals surface area contributed by atoms with Crippen molar-refractivity contribution in [2.24, 2.45) is 11.8 Å². The summed E-state index contributed by atoms with van der Waals surface area (Å²) < 4.78 is 0. The predicted molar refractivity (Wildman–Crippen MR) is 86.2 cm³/mol. The Morgan fingerprint density at radius 2 is 1.92 bits per heavy atom. The standard InChI is InChI=1S/C19H18N2O3/c1-12-17(22)8-16-9-18(12)23-24-19(16,2)4-3-13-5-14(10-20)7-15(6-13)11-21/h3-7,12,16,18H,8-9H2,1-2H3. The number of ketones is 1. The maximum absolute atomic E-state index is 12.1. The molecule has 24 heavy (non-hydrogen) atoms. The summed E-state index contributed by atoms with van der Waals surface area (Å²) in [6.07, 6.45) is 4.76. The molecule has 1 aromatic carbocycles. The number of benzene rings is 1. The van der Waals surface area contributed by atoms with E-state index in [4.69, 9.17) is 20.3 Å². The molecule has 5 heteroatoms. The van der Waals surface area contributed by atoms with E-state index in [1.165, 1.54) is 0 Å². The van der Waals surface area contributed by atoms with Crippen LogP contribution in [0.25, 0.3) is 6.08 Å². The van der Waals surface area contributed by atoms with Gasteiger partial charge in [-0.25, -0.2) is 9.78 Å². The van der Waals surface area contributed by atoms with Crippen molar-refractivity contribution in [1.82, 2.24) is 0 Å². The summed E-state index contributed by atoms with van der Waals surface area (Å²) in [6, 6.07) is 9.06. The van der Waals surface area contributed by atoms with Gasteiger partial charge in [-0.3, -0.25) is 4.79 Å². The SMILES string of the molecule is CC1C(=O)CC2CC1OOC2(C)C=Cc1cc(C#N)cc(C#N)c1. The average Bonchev–Trinajstić information content (AvgIpc) is 2.60. The molecular formula is C19H18N2O3. The van der Waals surface area contributed by atoms with Gasteiger partial charge in [0.2, 0.25) is 0 Å². The second-order valence-corrected chi connectivity index (χ2v) is 6.69. The minimum atomic E-state index is -0.707. The minimum absolute atomic E-state index is 0.0609. The Morgan fingerprint density at radius 3 is 2.54 bits per heavy atom. The normalized spacial score (nSPS) is 32.3. The zero-order chi connectivity index (χ0) is 17.3. The van der Waals surface area contributed by atoms with E-state index in [0.29, 0.717) is 17.5 Å². The first kappa shape index (κ1) is 16.4. The third kappa shape index (κ3) is 2.97. The fourth-order valence-corrected chi connectivity index (χ4v) is 3.30. The Hall–Kier alpha value is -2.47. The second-order valence-electron chi connectivity index (χ2n) is 6.69. The van der Waals surface area contributed by atoms with Crippen LogP contribution in [-0.4, -0.2) is 17.5 Å². The number of carbonyl (C=O) groups is 1. The van der Waals surface area contributed by atoms with Crippen molar-refractivity contribution in [3.8, 4) is 12.1 Å². The molecule has 5 nitrogen and oxygen atoms in total. The Morgan fingerprint density at radius 1 is 1.25 bits per heavy atom. The van der Waals surface area contributed by atoms with Crippen LogP contribution >= 0.6 is 0 Å². The summed E-state index contributed by atoms with van der Waals surface area (Å²) in [4.78, 5) is 23.2. The highest BCUT2D eigenvalue weighted by Gasteiger charge is 2.48. The van der Waals surface area contributed by atoms with Crippen LogP contribution in [0.5, 0.6) is 0 Å². The molecule has 1 aliphatic heterocycles. The van der Waals surface area contributed by atoms with Gasteiger partial charge in [-0.1, -0.05) is 13.0 Å². The lowest BCUT2D eigenvalue weighted by Crippen LogP contribution is -2.51. The van der Waals surface area contributed by atoms with Crippen LogP contribution < -0.4 is 0 Å². The molecule has 0 aromatic heterocycles. The van der Waals surface area contributed by atoms with Gasteiger partial charge in [-0.2, -0.15) is 10.5 Å². The van der Waals surface area contributed by atoms with Gasteiger partial charge in [0.25, 0.3) is 0 Å². The molecule has 1 saturated heterocycles. The van der Waals surface area contributed by atoms with E-state index in [1.54, 1.807) is 18.2 Å². The number of fused-ring (bicyclic) bond motifs is 2. The fraction of sp³-hybridized carbons (Fsp3) is 0.421. The molecule has 1 aromatic rings. The van der Waals surface area contributed by atoms with Gasteiger partial charge in [0, 0.05) is 18.3 Å². The number of hydrogen-bond acceptors (Lipinski definition) is 5. The van der Waals surface area contributed by atoms with Crippen molar-refractivity contribution < 1.29 is 14.6 Å². The van der Waals surface area contributed by atoms with Gasteiger partial charge >= 0.3 is 0 Å². The molecule has 2 bridgehead atoms. The molecule has 0 radical (unpaired) electrons. The molecule has 0 amide bonds. The molecule has 4 unspecified atom stereocenters. The average molecular weight is 322 g/mol. The number of nitrogens with zero attached hydrogens (tertiary/aromatic N) is 2. The predicted octanol–water partition coefficient (Wildman–Crippen LogP) is 3.15. The zero-order valence-corrected chi connectivity index (χ0v) is 13.7. The maximum Gasteiger partial charge on any atom is 0.138 e. The van der Waals surface area contributed by atoms with E-state index in [-0.39, 0.29) is 23.7 Å². The molecule has 1 saturated carbocycles. The van der Waals surface area contributed by atoms with Crippen molar-refractivity contribution >= 4 is 11.9 Å². The number of carbonyl (C=O) groups excluding carboxylic acids is 1. The summed E-state index contributed by atoms with van der Waals surface area (Å²) in [5, 5.41) is 18.1. The largest absolute Gasteiger partial charge is 0.299 e. The first-order chi connectivity index (χ1) is 11.4. The van der Waals surface area contributed by atoms with Crippen molar-refractivity contribution in [3.63, 3.8) is 0 Å². The van der Waals surface area contributed by atoms with E-state index >= 15 is 0 Å². The van der Waals surface area contributed by atoms with Gasteiger partial charge in [-0.05, 0) is 43.2 Å². The zero-order valence-electron chi connectivity index (χ0n) is 13.7. The van der Waals surface area contributed by atoms with Gasteiger partial charge in [0.1, 0.15) is 17.5 Å². The number of hydrogen-bond donors (Lipinski definition) is 0. The highest BCUT2D eigenvalue weighted by Crippen LogP contribution is 2.43. The Bertz CT molecular complexity index is 755. The lowest BCUT2D eigenvalue weighted by molar-refractivity contribution is -0.415. The Kier molecular flexibility index (Phi) is 4.24. The third-order valence-corrected chi connectivity index (χ3v) is 5.01. The van der Waals surface area contributed by atoms with E-state index in [9.17, 15) is 4.79 Å². The molecule has 2 aliphatic rings. The van der Waals surface area contributed by atoms with Gasteiger partial charge in [-0.15, -0.1) is 0 Å². The van der Waals surface area contributed by atoms with Crippen molar-refractivity contribution in [1.29, 1.82) is 10.5 Å². The van der Waals surface area contributed by atoms with Crippen LogP contribution in [-0.2, 0) is 14.6 Å². The summed E-state index contributed by atoms with van der Waals surface area (Å²) in [6.45, 7) is 3.77. The van der Waals surface area contributed by atoms with Gasteiger partial charge < -0.3 is 0 Å². The quantitative estimate of drug-likeness (QED) is 0.781. The summed E-state index contributed by atoms with van der Waals surface area (Å²) >= 11 is 0. The van der Waals surface area contributed by atoms with Gasteiger partial charge in [0.15, 0.2) is 0 Å². The Balaban J connectivity index is 1.85. The van der Waals surface area contributed by atoms with Crippen LogP contribution in [0, 0.1) is 34.5 Å². The van der Waals surface area contributed by atoms with Crippen LogP contribution in [0.2, 0.25) is 0 Å². The van der Waals surface area contributed by atoms with E-state index in [0.717, 1.165) is 12.0 Å². The van der Waals surface area contributed by atoms with E-state index in [2.05, 4.69) is 0 Å². The van der Waals surface area contributed by atoms with Crippen LogP contribution in [0.1, 0.15) is 43.4 Å². The molecule has 1 aliphatic carbocycles. The lowest BCUT2D eigenvalue weighted by atomic mass is 9.71. The first-order valence-corrected chi connectivity index (χ1v) is 7.97. The molecular weight excluding hydrogens is 304 g/mol. The van der Waals surface area contributed by atoms with Crippen LogP contribution in [0.15, 0.2) is 24.3 Å². The second kappa shape index (κ2) is 6.20. The fourth-order valence-electron chi connectivity index (χ4n) is 3.30. The summed E-state index contributed by atoms with van der Waals surface area (Å²) in [7, 11) is 0. The smallest absolute Gasteiger partial charge is 0.138 e. The molecule has 2 fully saturated rings. The topological polar surface area (TPSA) is 83.1 Å². The minimum Gasteiger partial charge on any atom is -0.299 e. The highest BCUT2D eigenvalue weighted by molar-refractivity contribution is 5.82. The molecule has 0 spiro atoms. The van der Waals surface area contributed by atoms with E-state index in [1.807, 2.05) is 38.1 Å². The lowest BCUT2D eigenvalue weighted by Gasteiger charge is -2.45. The first-order valence-electron chi connectivity index (χ1n) is 7.97. The van der Waals surface area contributed by atoms with E-state index < -0.39 is 5.60 Å². The molecule has 4 atom stereocenters. The van der Waals surface area contributed by atoms with Crippen LogP contribution in [0.3, 0.4) is 0 Å².